The number of benzene rings is 1. The Morgan fingerprint density at radius 1 is 1.00 bits per heavy atom. The van der Waals surface area contributed by atoms with Gasteiger partial charge in [-0.1, -0.05) is 13.0 Å². The van der Waals surface area contributed by atoms with Crippen LogP contribution in [0.4, 0.5) is 13.2 Å². The first-order chi connectivity index (χ1) is 22.4. The molecule has 2 aromatic heterocycles. The lowest BCUT2D eigenvalue weighted by molar-refractivity contribution is -0.139. The maximum absolute atomic E-state index is 14.2. The molecule has 4 heterocycles. The van der Waals surface area contributed by atoms with Gasteiger partial charge in [0.2, 0.25) is 5.88 Å². The number of carbonyl (C=O) groups excluding carboxylic acids is 1. The lowest BCUT2D eigenvalue weighted by Crippen LogP contribution is -2.48. The second kappa shape index (κ2) is 15.0. The average Bonchev–Trinajstić information content (AvgIpc) is 3.05. The first kappa shape index (κ1) is 34.5. The van der Waals surface area contributed by atoms with E-state index in [4.69, 9.17) is 14.2 Å². The highest BCUT2D eigenvalue weighted by molar-refractivity contribution is 7.87. The van der Waals surface area contributed by atoms with Crippen LogP contribution in [0.3, 0.4) is 0 Å². The Morgan fingerprint density at radius 2 is 1.70 bits per heavy atom. The third-order valence-electron chi connectivity index (χ3n) is 8.15. The van der Waals surface area contributed by atoms with Gasteiger partial charge in [-0.3, -0.25) is 9.78 Å². The van der Waals surface area contributed by atoms with Gasteiger partial charge in [-0.05, 0) is 75.5 Å². The number of piperidine rings is 2. The number of nitrogens with zero attached hydrogens (tertiary/aromatic N) is 4. The third kappa shape index (κ3) is 9.18. The predicted molar refractivity (Wildman–Crippen MR) is 166 cm³/mol. The standard InChI is InChI=1S/C32H38F3N5O6S/c1-3-28(27-9-8-25(21-37-27)45-30-6-4-5-15-36-30)46-29-10-7-22(20-26(29)32(33,34)35)31(41)38-47(42,43)40-18-13-24(14-19-40)44-23-11-16-39(2)17-12-23/h4-10,15,20-21,23-24,28H,3,11-14,16-19H2,1-2H3,(H,38,41)/t28-/m1/s1. The molecule has 1 atom stereocenters. The van der Waals surface area contributed by atoms with E-state index in [1.165, 1.54) is 6.20 Å². The van der Waals surface area contributed by atoms with Crippen molar-refractivity contribution in [3.05, 3.63) is 77.7 Å². The Morgan fingerprint density at radius 3 is 2.30 bits per heavy atom. The van der Waals surface area contributed by atoms with Crippen LogP contribution in [0.2, 0.25) is 0 Å². The molecule has 0 spiro atoms. The van der Waals surface area contributed by atoms with Crippen molar-refractivity contribution in [1.82, 2.24) is 23.9 Å². The second-order valence-electron chi connectivity index (χ2n) is 11.6. The van der Waals surface area contributed by atoms with Crippen LogP contribution in [0, 0.1) is 0 Å². The summed E-state index contributed by atoms with van der Waals surface area (Å²) >= 11 is 0. The summed E-state index contributed by atoms with van der Waals surface area (Å²) in [6, 6.07) is 11.0. The van der Waals surface area contributed by atoms with Crippen molar-refractivity contribution in [1.29, 1.82) is 0 Å². The second-order valence-corrected chi connectivity index (χ2v) is 13.3. The number of hydrogen-bond acceptors (Lipinski definition) is 9. The number of aromatic nitrogens is 2. The van der Waals surface area contributed by atoms with E-state index < -0.39 is 45.3 Å². The molecule has 1 aromatic carbocycles. The SMILES string of the molecule is CC[C@@H](Oc1ccc(C(=O)NS(=O)(=O)N2CCC(OC3CCN(C)CC3)CC2)cc1C(F)(F)F)c1ccc(Oc2ccccn2)cn1. The van der Waals surface area contributed by atoms with Crippen molar-refractivity contribution in [3.63, 3.8) is 0 Å². The van der Waals surface area contributed by atoms with E-state index in [1.54, 1.807) is 43.5 Å². The van der Waals surface area contributed by atoms with E-state index in [-0.39, 0.29) is 31.7 Å². The molecule has 2 fully saturated rings. The van der Waals surface area contributed by atoms with E-state index in [0.29, 0.717) is 36.2 Å². The van der Waals surface area contributed by atoms with Crippen LogP contribution in [0.5, 0.6) is 17.4 Å². The number of carbonyl (C=O) groups is 1. The van der Waals surface area contributed by atoms with Gasteiger partial charge in [0.15, 0.2) is 0 Å². The number of nitrogens with one attached hydrogen (secondary N) is 1. The molecule has 2 aliphatic heterocycles. The summed E-state index contributed by atoms with van der Waals surface area (Å²) in [5.74, 6) is -0.960. The molecule has 15 heteroatoms. The van der Waals surface area contributed by atoms with Gasteiger partial charge in [0.05, 0.1) is 29.7 Å². The minimum atomic E-state index is -4.90. The maximum atomic E-state index is 14.2. The predicted octanol–water partition coefficient (Wildman–Crippen LogP) is 5.37. The fraction of sp³-hybridized carbons (Fsp3) is 0.469. The van der Waals surface area contributed by atoms with Crippen LogP contribution in [-0.4, -0.2) is 78.9 Å². The van der Waals surface area contributed by atoms with E-state index in [0.717, 1.165) is 42.4 Å². The third-order valence-corrected chi connectivity index (χ3v) is 9.64. The van der Waals surface area contributed by atoms with Crippen molar-refractivity contribution in [3.8, 4) is 17.4 Å². The fourth-order valence-corrected chi connectivity index (χ4v) is 6.69. The highest BCUT2D eigenvalue weighted by Crippen LogP contribution is 2.39. The highest BCUT2D eigenvalue weighted by atomic mass is 32.2. The summed E-state index contributed by atoms with van der Waals surface area (Å²) in [7, 11) is -2.24. The molecule has 11 nitrogen and oxygen atoms in total. The van der Waals surface area contributed by atoms with E-state index in [9.17, 15) is 26.4 Å². The monoisotopic (exact) mass is 677 g/mol. The Bertz CT molecular complexity index is 1600. The summed E-state index contributed by atoms with van der Waals surface area (Å²) in [5.41, 5.74) is -1.33. The van der Waals surface area contributed by atoms with Crippen LogP contribution >= 0.6 is 0 Å². The topological polar surface area (TPSA) is 123 Å². The van der Waals surface area contributed by atoms with Gasteiger partial charge >= 0.3 is 16.4 Å². The Labute approximate surface area is 272 Å². The molecule has 0 aliphatic carbocycles. The minimum absolute atomic E-state index is 0.0903. The van der Waals surface area contributed by atoms with Gasteiger partial charge in [0.1, 0.15) is 17.6 Å². The number of hydrogen-bond donors (Lipinski definition) is 1. The maximum Gasteiger partial charge on any atom is 0.419 e. The van der Waals surface area contributed by atoms with Gasteiger partial charge in [-0.15, -0.1) is 0 Å². The first-order valence-corrected chi connectivity index (χ1v) is 16.9. The molecule has 0 unspecified atom stereocenters. The van der Waals surface area contributed by atoms with E-state index >= 15 is 0 Å². The summed E-state index contributed by atoms with van der Waals surface area (Å²) in [4.78, 5) is 23.5. The molecule has 2 saturated heterocycles. The molecule has 0 bridgehead atoms. The zero-order valence-electron chi connectivity index (χ0n) is 26.2. The molecule has 0 radical (unpaired) electrons. The summed E-state index contributed by atoms with van der Waals surface area (Å²) in [5, 5.41) is 0. The summed E-state index contributed by atoms with van der Waals surface area (Å²) in [6.45, 7) is 3.88. The van der Waals surface area contributed by atoms with Crippen LogP contribution in [0.1, 0.15) is 66.7 Å². The van der Waals surface area contributed by atoms with Gasteiger partial charge in [-0.2, -0.15) is 25.9 Å². The van der Waals surface area contributed by atoms with Crippen molar-refractivity contribution in [2.75, 3.05) is 33.2 Å². The largest absolute Gasteiger partial charge is 0.484 e. The number of ether oxygens (including phenoxy) is 3. The van der Waals surface area contributed by atoms with Gasteiger partial charge < -0.3 is 19.1 Å². The number of amides is 1. The van der Waals surface area contributed by atoms with Gasteiger partial charge in [-0.25, -0.2) is 9.71 Å². The van der Waals surface area contributed by atoms with Gasteiger partial charge in [0.25, 0.3) is 5.91 Å². The zero-order valence-corrected chi connectivity index (χ0v) is 27.0. The zero-order chi connectivity index (χ0) is 33.6. The summed E-state index contributed by atoms with van der Waals surface area (Å²) in [6.07, 6.45) is 0.311. The molecule has 2 aliphatic rings. The van der Waals surface area contributed by atoms with Crippen LogP contribution in [0.25, 0.3) is 0 Å². The van der Waals surface area contributed by atoms with Crippen LogP contribution in [-0.2, 0) is 21.1 Å². The minimum Gasteiger partial charge on any atom is -0.484 e. The van der Waals surface area contributed by atoms with Crippen molar-refractivity contribution in [2.24, 2.45) is 0 Å². The normalized spacial score (nSPS) is 18.1. The van der Waals surface area contributed by atoms with Crippen LogP contribution in [0.15, 0.2) is 60.9 Å². The smallest absolute Gasteiger partial charge is 0.419 e. The molecule has 1 amide bonds. The van der Waals surface area contributed by atoms with Gasteiger partial charge in [0, 0.05) is 44.0 Å². The molecule has 0 saturated carbocycles. The lowest BCUT2D eigenvalue weighted by atomic mass is 10.1. The lowest BCUT2D eigenvalue weighted by Gasteiger charge is -2.35. The van der Waals surface area contributed by atoms with E-state index in [2.05, 4.69) is 21.9 Å². The number of halogens is 3. The molecular formula is C32H38F3N5O6S. The number of rotatable bonds is 11. The van der Waals surface area contributed by atoms with E-state index in [1.807, 2.05) is 4.72 Å². The van der Waals surface area contributed by atoms with Crippen molar-refractivity contribution >= 4 is 16.1 Å². The quantitative estimate of drug-likeness (QED) is 0.286. The average molecular weight is 678 g/mol. The number of likely N-dealkylation sites (tertiary alicyclic amines) is 1. The molecular weight excluding hydrogens is 639 g/mol. The summed E-state index contributed by atoms with van der Waals surface area (Å²) < 4.78 is 89.1. The molecule has 5 rings (SSSR count). The molecule has 3 aromatic rings. The molecule has 254 valence electrons. The molecule has 47 heavy (non-hydrogen) atoms. The van der Waals surface area contributed by atoms with Crippen molar-refractivity contribution < 1.29 is 40.6 Å². The number of alkyl halides is 3. The highest BCUT2D eigenvalue weighted by Gasteiger charge is 2.37. The van der Waals surface area contributed by atoms with Crippen LogP contribution < -0.4 is 14.2 Å². The first-order valence-electron chi connectivity index (χ1n) is 15.5. The number of pyridine rings is 2. The Hall–Kier alpha value is -3.79. The Balaban J connectivity index is 1.22. The van der Waals surface area contributed by atoms with Crippen molar-refractivity contribution in [2.45, 2.75) is 63.5 Å². The molecule has 1 N–H and O–H groups in total. The fourth-order valence-electron chi connectivity index (χ4n) is 5.51. The Kier molecular flexibility index (Phi) is 11.0.